The maximum absolute atomic E-state index is 15.1. The Hall–Kier alpha value is -1.55. The van der Waals surface area contributed by atoms with E-state index in [0.29, 0.717) is 12.0 Å². The van der Waals surface area contributed by atoms with E-state index in [1.165, 1.54) is 6.08 Å². The molecule has 7 atom stereocenters. The number of Topliss-reactive ketones (excluding diaryl/α,β-unsaturated/α-hetero) is 1. The van der Waals surface area contributed by atoms with Crippen molar-refractivity contribution in [1.82, 2.24) is 0 Å². The maximum Gasteiger partial charge on any atom is 0.178 e. The van der Waals surface area contributed by atoms with Crippen LogP contribution in [0.15, 0.2) is 35.5 Å². The molecular weight excluding hydrogens is 319 g/mol. The van der Waals surface area contributed by atoms with Crippen LogP contribution in [0.1, 0.15) is 40.0 Å². The second-order valence-electron chi connectivity index (χ2n) is 8.88. The first kappa shape index (κ1) is 15.7. The van der Waals surface area contributed by atoms with Crippen LogP contribution < -0.4 is 0 Å². The molecule has 0 bridgehead atoms. The van der Waals surface area contributed by atoms with E-state index in [1.54, 1.807) is 13.0 Å². The number of alkyl halides is 1. The van der Waals surface area contributed by atoms with Gasteiger partial charge in [-0.25, -0.2) is 4.39 Å². The summed E-state index contributed by atoms with van der Waals surface area (Å²) in [6.45, 7) is 5.81. The van der Waals surface area contributed by atoms with Crippen LogP contribution in [0.2, 0.25) is 0 Å². The molecule has 4 heteroatoms. The summed E-state index contributed by atoms with van der Waals surface area (Å²) >= 11 is 0. The standard InChI is InChI=1S/C21H23FO3/c1-11(23)13-4-5-14-15-9-17(22)16-8-12(24)6-7-20(16,3)21(15)18(25-21)10-19(13,14)2/h4,6-8,14-15,17-18H,5,9-10H2,1-3H3. The van der Waals surface area contributed by atoms with Crippen molar-refractivity contribution in [3.8, 4) is 0 Å². The highest BCUT2D eigenvalue weighted by Crippen LogP contribution is 2.74. The fourth-order valence-corrected chi connectivity index (χ4v) is 6.76. The van der Waals surface area contributed by atoms with Crippen molar-refractivity contribution in [2.24, 2.45) is 22.7 Å². The SMILES string of the molecule is CC(=O)C1=CCC2C3CC(F)C4=CC(=O)C=CC4(C)C34OC4CC12C. The van der Waals surface area contributed by atoms with Gasteiger partial charge in [-0.1, -0.05) is 19.1 Å². The predicted molar refractivity (Wildman–Crippen MR) is 90.5 cm³/mol. The molecule has 3 nitrogen and oxygen atoms in total. The molecule has 0 radical (unpaired) electrons. The molecule has 1 saturated heterocycles. The third-order valence-electron chi connectivity index (χ3n) is 7.88. The van der Waals surface area contributed by atoms with E-state index in [-0.39, 0.29) is 34.9 Å². The quantitative estimate of drug-likeness (QED) is 0.685. The molecule has 1 heterocycles. The molecular formula is C21H23FO3. The largest absolute Gasteiger partial charge is 0.364 e. The molecule has 132 valence electrons. The van der Waals surface area contributed by atoms with Gasteiger partial charge in [0.2, 0.25) is 0 Å². The highest BCUT2D eigenvalue weighted by atomic mass is 19.1. The number of halogens is 1. The fourth-order valence-electron chi connectivity index (χ4n) is 6.76. The Labute approximate surface area is 147 Å². The highest BCUT2D eigenvalue weighted by molar-refractivity contribution is 6.01. The van der Waals surface area contributed by atoms with Gasteiger partial charge in [-0.15, -0.1) is 0 Å². The molecule has 2 saturated carbocycles. The van der Waals surface area contributed by atoms with Crippen LogP contribution in [0.5, 0.6) is 0 Å². The Bertz CT molecular complexity index is 808. The van der Waals surface area contributed by atoms with E-state index in [4.69, 9.17) is 4.74 Å². The molecule has 7 unspecified atom stereocenters. The third kappa shape index (κ3) is 1.61. The van der Waals surface area contributed by atoms with Crippen LogP contribution in [0.4, 0.5) is 4.39 Å². The first-order chi connectivity index (χ1) is 11.7. The molecule has 3 fully saturated rings. The van der Waals surface area contributed by atoms with Crippen molar-refractivity contribution >= 4 is 11.6 Å². The smallest absolute Gasteiger partial charge is 0.178 e. The summed E-state index contributed by atoms with van der Waals surface area (Å²) in [6.07, 6.45) is 7.91. The number of hydrogen-bond donors (Lipinski definition) is 0. The van der Waals surface area contributed by atoms with Gasteiger partial charge >= 0.3 is 0 Å². The lowest BCUT2D eigenvalue weighted by molar-refractivity contribution is -0.115. The van der Waals surface area contributed by atoms with Crippen molar-refractivity contribution in [3.05, 3.63) is 35.5 Å². The van der Waals surface area contributed by atoms with E-state index in [2.05, 4.69) is 13.0 Å². The van der Waals surface area contributed by atoms with Crippen molar-refractivity contribution in [1.29, 1.82) is 0 Å². The first-order valence-electron chi connectivity index (χ1n) is 9.23. The van der Waals surface area contributed by atoms with Gasteiger partial charge in [0.1, 0.15) is 11.8 Å². The summed E-state index contributed by atoms with van der Waals surface area (Å²) in [5, 5.41) is 0. The Morgan fingerprint density at radius 2 is 2.08 bits per heavy atom. The molecule has 25 heavy (non-hydrogen) atoms. The number of carbonyl (C=O) groups excluding carboxylic acids is 2. The number of fused-ring (bicyclic) bond motifs is 3. The zero-order valence-electron chi connectivity index (χ0n) is 14.8. The number of allylic oxidation sites excluding steroid dienone is 4. The van der Waals surface area contributed by atoms with E-state index in [1.807, 2.05) is 13.0 Å². The molecule has 5 aliphatic rings. The average molecular weight is 342 g/mol. The van der Waals surface area contributed by atoms with Crippen molar-refractivity contribution in [2.75, 3.05) is 0 Å². The Kier molecular flexibility index (Phi) is 2.76. The molecule has 0 aromatic heterocycles. The summed E-state index contributed by atoms with van der Waals surface area (Å²) in [5.74, 6) is 0.289. The van der Waals surface area contributed by atoms with E-state index >= 15 is 4.39 Å². The van der Waals surface area contributed by atoms with Gasteiger partial charge in [-0.3, -0.25) is 9.59 Å². The number of rotatable bonds is 1. The Balaban J connectivity index is 1.62. The summed E-state index contributed by atoms with van der Waals surface area (Å²) in [5.41, 5.74) is 0.294. The second-order valence-corrected chi connectivity index (χ2v) is 8.88. The van der Waals surface area contributed by atoms with Gasteiger partial charge in [0.25, 0.3) is 0 Å². The summed E-state index contributed by atoms with van der Waals surface area (Å²) < 4.78 is 21.5. The maximum atomic E-state index is 15.1. The summed E-state index contributed by atoms with van der Waals surface area (Å²) in [6, 6.07) is 0. The van der Waals surface area contributed by atoms with Gasteiger partial charge in [0.05, 0.1) is 6.10 Å². The van der Waals surface area contributed by atoms with Crippen LogP contribution in [0.25, 0.3) is 0 Å². The van der Waals surface area contributed by atoms with Crippen LogP contribution >= 0.6 is 0 Å². The predicted octanol–water partition coefficient (Wildman–Crippen LogP) is 3.50. The van der Waals surface area contributed by atoms with Crippen molar-refractivity contribution in [2.45, 2.75) is 57.9 Å². The molecule has 1 spiro atoms. The minimum absolute atomic E-state index is 0.0263. The number of hydrogen-bond acceptors (Lipinski definition) is 3. The average Bonchev–Trinajstić information content (AvgIpc) is 3.15. The summed E-state index contributed by atoms with van der Waals surface area (Å²) in [4.78, 5) is 24.0. The Morgan fingerprint density at radius 1 is 1.32 bits per heavy atom. The van der Waals surface area contributed by atoms with E-state index in [9.17, 15) is 9.59 Å². The zero-order valence-corrected chi connectivity index (χ0v) is 14.8. The molecule has 0 N–H and O–H groups in total. The van der Waals surface area contributed by atoms with Crippen LogP contribution in [-0.4, -0.2) is 29.4 Å². The summed E-state index contributed by atoms with van der Waals surface area (Å²) in [7, 11) is 0. The third-order valence-corrected chi connectivity index (χ3v) is 7.88. The lowest BCUT2D eigenvalue weighted by atomic mass is 9.47. The second kappa shape index (κ2) is 4.40. The topological polar surface area (TPSA) is 46.7 Å². The first-order valence-corrected chi connectivity index (χ1v) is 9.23. The van der Waals surface area contributed by atoms with E-state index < -0.39 is 17.2 Å². The molecule has 4 aliphatic carbocycles. The monoisotopic (exact) mass is 342 g/mol. The molecule has 5 rings (SSSR count). The normalized spacial score (nSPS) is 52.4. The molecule has 0 amide bonds. The number of ketones is 2. The van der Waals surface area contributed by atoms with Crippen LogP contribution in [-0.2, 0) is 14.3 Å². The Morgan fingerprint density at radius 3 is 2.80 bits per heavy atom. The minimum atomic E-state index is -1.12. The van der Waals surface area contributed by atoms with Crippen molar-refractivity contribution in [3.63, 3.8) is 0 Å². The molecule has 0 aromatic carbocycles. The minimum Gasteiger partial charge on any atom is -0.364 e. The number of carbonyl (C=O) groups is 2. The van der Waals surface area contributed by atoms with Crippen LogP contribution in [0.3, 0.4) is 0 Å². The number of epoxide rings is 1. The lowest BCUT2D eigenvalue weighted by Gasteiger charge is -2.54. The fraction of sp³-hybridized carbons (Fsp3) is 0.619. The van der Waals surface area contributed by atoms with Gasteiger partial charge in [0.15, 0.2) is 11.6 Å². The highest BCUT2D eigenvalue weighted by Gasteiger charge is 2.79. The molecule has 1 aliphatic heterocycles. The van der Waals surface area contributed by atoms with Crippen molar-refractivity contribution < 1.29 is 18.7 Å². The van der Waals surface area contributed by atoms with Crippen LogP contribution in [0, 0.1) is 22.7 Å². The lowest BCUT2D eigenvalue weighted by Crippen LogP contribution is -2.58. The van der Waals surface area contributed by atoms with Gasteiger partial charge in [-0.2, -0.15) is 0 Å². The van der Waals surface area contributed by atoms with Gasteiger partial charge in [0, 0.05) is 10.8 Å². The number of ether oxygens (including phenoxy) is 1. The van der Waals surface area contributed by atoms with E-state index in [0.717, 1.165) is 18.4 Å². The van der Waals surface area contributed by atoms with Gasteiger partial charge < -0.3 is 4.74 Å². The zero-order chi connectivity index (χ0) is 17.8. The van der Waals surface area contributed by atoms with Gasteiger partial charge in [-0.05, 0) is 68.2 Å². The molecule has 0 aromatic rings.